The van der Waals surface area contributed by atoms with Crippen molar-refractivity contribution in [3.8, 4) is 0 Å². The molecule has 1 fully saturated rings. The molecule has 0 unspecified atom stereocenters. The first-order valence-corrected chi connectivity index (χ1v) is 8.38. The molecule has 21 heavy (non-hydrogen) atoms. The topological polar surface area (TPSA) is 64.6 Å². The molecular weight excluding hydrogens is 289 g/mol. The van der Waals surface area contributed by atoms with Crippen LogP contribution in [0.4, 0.5) is 0 Å². The first kappa shape index (κ1) is 16.5. The summed E-state index contributed by atoms with van der Waals surface area (Å²) in [4.78, 5) is 0.269. The summed E-state index contributed by atoms with van der Waals surface area (Å²) in [5, 5.41) is 0. The Kier molecular flexibility index (Phi) is 3.99. The van der Waals surface area contributed by atoms with Crippen LogP contribution in [-0.2, 0) is 19.3 Å². The summed E-state index contributed by atoms with van der Waals surface area (Å²) in [6, 6.07) is 5.12. The fourth-order valence-corrected chi connectivity index (χ4v) is 3.16. The number of hydrogen-bond acceptors (Lipinski definition) is 4. The summed E-state index contributed by atoms with van der Waals surface area (Å²) in [7, 11) is -2.53. The molecule has 1 aromatic carbocycles. The molecule has 0 saturated carbocycles. The fourth-order valence-electron chi connectivity index (χ4n) is 2.21. The molecule has 1 saturated heterocycles. The maximum absolute atomic E-state index is 11.9. The summed E-state index contributed by atoms with van der Waals surface area (Å²) in [5.41, 5.74) is 0.653. The highest BCUT2D eigenvalue weighted by Crippen LogP contribution is 2.36. The lowest BCUT2D eigenvalue weighted by atomic mass is 9.78. The minimum Gasteiger partial charge on any atom is -0.399 e. The molecule has 1 heterocycles. The minimum atomic E-state index is -3.45. The number of sulfonamides is 1. The smallest absolute Gasteiger partial charge is 0.399 e. The van der Waals surface area contributed by atoms with E-state index in [2.05, 4.69) is 4.72 Å². The normalized spacial score (nSPS) is 20.8. The van der Waals surface area contributed by atoms with Crippen molar-refractivity contribution in [3.05, 3.63) is 23.8 Å². The maximum Gasteiger partial charge on any atom is 0.494 e. The van der Waals surface area contributed by atoms with Crippen molar-refractivity contribution in [2.45, 2.75) is 50.7 Å². The maximum atomic E-state index is 11.9. The summed E-state index contributed by atoms with van der Waals surface area (Å²) >= 11 is 0. The van der Waals surface area contributed by atoms with Gasteiger partial charge in [0.2, 0.25) is 10.0 Å². The number of nitrogens with one attached hydrogen (secondary N) is 1. The van der Waals surface area contributed by atoms with Crippen molar-refractivity contribution < 1.29 is 17.7 Å². The highest BCUT2D eigenvalue weighted by atomic mass is 32.2. The molecule has 1 aromatic rings. The van der Waals surface area contributed by atoms with Crippen LogP contribution in [-0.4, -0.2) is 33.8 Å². The largest absolute Gasteiger partial charge is 0.494 e. The van der Waals surface area contributed by atoms with Gasteiger partial charge in [0.1, 0.15) is 0 Å². The Balaban J connectivity index is 2.35. The Morgan fingerprint density at radius 3 is 2.05 bits per heavy atom. The van der Waals surface area contributed by atoms with Crippen LogP contribution < -0.4 is 10.2 Å². The molecular formula is C14H22BNO4S. The van der Waals surface area contributed by atoms with Crippen molar-refractivity contribution in [3.63, 3.8) is 0 Å². The van der Waals surface area contributed by atoms with Crippen LogP contribution in [0.3, 0.4) is 0 Å². The molecule has 0 atom stereocenters. The van der Waals surface area contributed by atoms with Crippen LogP contribution in [0.2, 0.25) is 0 Å². The SMILES string of the molecule is CNS(=O)(=O)c1ccc(B2OC(C)(C)C(C)(C)O2)cc1C. The average molecular weight is 311 g/mol. The third-order valence-electron chi connectivity index (χ3n) is 4.28. The van der Waals surface area contributed by atoms with E-state index in [4.69, 9.17) is 9.31 Å². The van der Waals surface area contributed by atoms with Crippen LogP contribution >= 0.6 is 0 Å². The molecule has 1 aliphatic rings. The van der Waals surface area contributed by atoms with Crippen LogP contribution in [0.5, 0.6) is 0 Å². The van der Waals surface area contributed by atoms with Crippen molar-refractivity contribution in [1.82, 2.24) is 4.72 Å². The zero-order valence-corrected chi connectivity index (χ0v) is 14.2. The van der Waals surface area contributed by atoms with E-state index in [0.717, 1.165) is 5.46 Å². The van der Waals surface area contributed by atoms with Gasteiger partial charge in [-0.2, -0.15) is 0 Å². The Labute approximate surface area is 127 Å². The minimum absolute atomic E-state index is 0.269. The van der Waals surface area contributed by atoms with E-state index in [-0.39, 0.29) is 4.90 Å². The summed E-state index contributed by atoms with van der Waals surface area (Å²) in [6.45, 7) is 9.71. The Bertz CT molecular complexity index is 639. The van der Waals surface area contributed by atoms with Gasteiger partial charge in [-0.3, -0.25) is 0 Å². The van der Waals surface area contributed by atoms with Crippen molar-refractivity contribution in [2.24, 2.45) is 0 Å². The number of aryl methyl sites for hydroxylation is 1. The predicted molar refractivity (Wildman–Crippen MR) is 83.1 cm³/mol. The third-order valence-corrected chi connectivity index (χ3v) is 5.86. The Morgan fingerprint density at radius 1 is 1.10 bits per heavy atom. The molecule has 1 N–H and O–H groups in total. The lowest BCUT2D eigenvalue weighted by Crippen LogP contribution is -2.41. The van der Waals surface area contributed by atoms with E-state index in [1.54, 1.807) is 25.1 Å². The van der Waals surface area contributed by atoms with E-state index in [9.17, 15) is 8.42 Å². The molecule has 116 valence electrons. The van der Waals surface area contributed by atoms with E-state index >= 15 is 0 Å². The number of benzene rings is 1. The number of hydrogen-bond donors (Lipinski definition) is 1. The molecule has 0 amide bonds. The summed E-state index contributed by atoms with van der Waals surface area (Å²) in [5.74, 6) is 0. The van der Waals surface area contributed by atoms with Gasteiger partial charge in [-0.15, -0.1) is 0 Å². The lowest BCUT2D eigenvalue weighted by molar-refractivity contribution is 0.00578. The molecule has 0 aromatic heterocycles. The van der Waals surface area contributed by atoms with Gasteiger partial charge in [-0.1, -0.05) is 12.1 Å². The van der Waals surface area contributed by atoms with Gasteiger partial charge in [0, 0.05) is 0 Å². The monoisotopic (exact) mass is 311 g/mol. The molecule has 0 spiro atoms. The van der Waals surface area contributed by atoms with Crippen LogP contribution in [0.25, 0.3) is 0 Å². The van der Waals surface area contributed by atoms with E-state index in [0.29, 0.717) is 5.56 Å². The van der Waals surface area contributed by atoms with E-state index in [1.165, 1.54) is 7.05 Å². The molecule has 0 aliphatic carbocycles. The second kappa shape index (κ2) is 5.09. The van der Waals surface area contributed by atoms with Crippen LogP contribution in [0.1, 0.15) is 33.3 Å². The summed E-state index contributed by atoms with van der Waals surface area (Å²) < 4.78 is 38.0. The predicted octanol–water partition coefficient (Wildman–Crippen LogP) is 1.20. The number of rotatable bonds is 3. The summed E-state index contributed by atoms with van der Waals surface area (Å²) in [6.07, 6.45) is 0. The van der Waals surface area contributed by atoms with Gasteiger partial charge in [-0.05, 0) is 58.8 Å². The van der Waals surface area contributed by atoms with Crippen LogP contribution in [0, 0.1) is 6.92 Å². The zero-order valence-electron chi connectivity index (χ0n) is 13.4. The first-order chi connectivity index (χ1) is 9.50. The molecule has 2 rings (SSSR count). The zero-order chi connectivity index (χ0) is 16.1. The highest BCUT2D eigenvalue weighted by molar-refractivity contribution is 7.89. The van der Waals surface area contributed by atoms with E-state index < -0.39 is 28.3 Å². The highest BCUT2D eigenvalue weighted by Gasteiger charge is 2.51. The van der Waals surface area contributed by atoms with Crippen LogP contribution in [0.15, 0.2) is 23.1 Å². The molecule has 1 aliphatic heterocycles. The van der Waals surface area contributed by atoms with Crippen molar-refractivity contribution in [2.75, 3.05) is 7.05 Å². The fraction of sp³-hybridized carbons (Fsp3) is 0.571. The molecule has 0 radical (unpaired) electrons. The molecule has 7 heteroatoms. The lowest BCUT2D eigenvalue weighted by Gasteiger charge is -2.32. The first-order valence-electron chi connectivity index (χ1n) is 6.90. The average Bonchev–Trinajstić information content (AvgIpc) is 2.58. The standard InChI is InChI=1S/C14H22BNO4S/c1-10-9-11(7-8-12(10)21(17,18)16-6)15-19-13(2,3)14(4,5)20-15/h7-9,16H,1-6H3. The van der Waals surface area contributed by atoms with Gasteiger partial charge in [0.15, 0.2) is 0 Å². The Hall–Kier alpha value is -0.885. The molecule has 0 bridgehead atoms. The molecule has 5 nitrogen and oxygen atoms in total. The Morgan fingerprint density at radius 2 is 1.62 bits per heavy atom. The van der Waals surface area contributed by atoms with Gasteiger partial charge < -0.3 is 9.31 Å². The van der Waals surface area contributed by atoms with Gasteiger partial charge in [0.25, 0.3) is 0 Å². The van der Waals surface area contributed by atoms with E-state index in [1.807, 2.05) is 27.7 Å². The van der Waals surface area contributed by atoms with Crippen molar-refractivity contribution in [1.29, 1.82) is 0 Å². The third kappa shape index (κ3) is 2.88. The quantitative estimate of drug-likeness (QED) is 0.852. The second-order valence-electron chi connectivity index (χ2n) is 6.32. The van der Waals surface area contributed by atoms with Crippen molar-refractivity contribution >= 4 is 22.6 Å². The second-order valence-corrected chi connectivity index (χ2v) is 8.18. The van der Waals surface area contributed by atoms with Gasteiger partial charge >= 0.3 is 7.12 Å². The van der Waals surface area contributed by atoms with Gasteiger partial charge in [0.05, 0.1) is 16.1 Å². The van der Waals surface area contributed by atoms with Gasteiger partial charge in [-0.25, -0.2) is 13.1 Å².